The lowest BCUT2D eigenvalue weighted by Crippen LogP contribution is -2.22. The molecule has 3 nitrogen and oxygen atoms in total. The van der Waals surface area contributed by atoms with Crippen LogP contribution in [-0.2, 0) is 6.54 Å². The fourth-order valence-corrected chi connectivity index (χ4v) is 2.24. The lowest BCUT2D eigenvalue weighted by atomic mass is 10.4. The van der Waals surface area contributed by atoms with Gasteiger partial charge in [-0.15, -0.1) is 21.5 Å². The normalized spacial score (nSPS) is 10.4. The summed E-state index contributed by atoms with van der Waals surface area (Å²) in [5, 5.41) is 10.4. The number of hydrogen-bond donors (Lipinski definition) is 0. The number of nitrogens with zero attached hydrogens (tertiary/aromatic N) is 3. The molecule has 0 spiro atoms. The van der Waals surface area contributed by atoms with Crippen LogP contribution in [0.3, 0.4) is 0 Å². The van der Waals surface area contributed by atoms with Crippen molar-refractivity contribution in [3.05, 3.63) is 39.7 Å². The summed E-state index contributed by atoms with van der Waals surface area (Å²) in [4.78, 5) is 3.48. The minimum atomic E-state index is 0.427. The highest BCUT2D eigenvalue weighted by atomic mass is 35.5. The van der Waals surface area contributed by atoms with E-state index in [1.807, 2.05) is 6.07 Å². The minimum Gasteiger partial charge on any atom is -0.350 e. The molecule has 0 aliphatic rings. The third-order valence-electron chi connectivity index (χ3n) is 2.25. The van der Waals surface area contributed by atoms with E-state index in [1.165, 1.54) is 4.88 Å². The molecule has 0 amide bonds. The predicted octanol–water partition coefficient (Wildman–Crippen LogP) is 3.22. The standard InChI is InChI=1S/C11H12ClN3S/c1-2-15(8-9-4-3-7-16-9)11-6-5-10(12)13-14-11/h3-7H,2,8H2,1H3. The van der Waals surface area contributed by atoms with E-state index in [0.717, 1.165) is 18.9 Å². The highest BCUT2D eigenvalue weighted by Gasteiger charge is 2.07. The third kappa shape index (κ3) is 2.71. The van der Waals surface area contributed by atoms with Gasteiger partial charge < -0.3 is 4.90 Å². The first kappa shape index (κ1) is 11.4. The van der Waals surface area contributed by atoms with E-state index in [2.05, 4.69) is 39.5 Å². The Balaban J connectivity index is 2.13. The molecule has 0 atom stereocenters. The lowest BCUT2D eigenvalue weighted by Gasteiger charge is -2.20. The van der Waals surface area contributed by atoms with Crippen molar-refractivity contribution < 1.29 is 0 Å². The first-order valence-electron chi connectivity index (χ1n) is 5.06. The van der Waals surface area contributed by atoms with Crippen LogP contribution >= 0.6 is 22.9 Å². The molecule has 0 fully saturated rings. The van der Waals surface area contributed by atoms with Crippen molar-refractivity contribution in [3.8, 4) is 0 Å². The van der Waals surface area contributed by atoms with Crippen molar-refractivity contribution in [1.29, 1.82) is 0 Å². The Morgan fingerprint density at radius 2 is 2.19 bits per heavy atom. The van der Waals surface area contributed by atoms with Gasteiger partial charge in [-0.25, -0.2) is 0 Å². The van der Waals surface area contributed by atoms with Crippen molar-refractivity contribution in [2.45, 2.75) is 13.5 Å². The first-order valence-corrected chi connectivity index (χ1v) is 6.32. The molecule has 5 heteroatoms. The second-order valence-electron chi connectivity index (χ2n) is 3.31. The van der Waals surface area contributed by atoms with Gasteiger partial charge in [0, 0.05) is 11.4 Å². The zero-order valence-electron chi connectivity index (χ0n) is 8.93. The lowest BCUT2D eigenvalue weighted by molar-refractivity contribution is 0.804. The van der Waals surface area contributed by atoms with E-state index in [4.69, 9.17) is 11.6 Å². The molecular weight excluding hydrogens is 242 g/mol. The van der Waals surface area contributed by atoms with Crippen molar-refractivity contribution in [3.63, 3.8) is 0 Å². The largest absolute Gasteiger partial charge is 0.350 e. The van der Waals surface area contributed by atoms with Crippen molar-refractivity contribution in [2.75, 3.05) is 11.4 Å². The molecule has 2 heterocycles. The summed E-state index contributed by atoms with van der Waals surface area (Å²) >= 11 is 7.46. The van der Waals surface area contributed by atoms with Gasteiger partial charge in [-0.2, -0.15) is 0 Å². The van der Waals surface area contributed by atoms with Crippen LogP contribution in [0.25, 0.3) is 0 Å². The molecule has 84 valence electrons. The molecule has 0 bridgehead atoms. The maximum Gasteiger partial charge on any atom is 0.151 e. The maximum atomic E-state index is 5.71. The van der Waals surface area contributed by atoms with E-state index < -0.39 is 0 Å². The van der Waals surface area contributed by atoms with Crippen LogP contribution in [0.4, 0.5) is 5.82 Å². The van der Waals surface area contributed by atoms with Crippen molar-refractivity contribution in [1.82, 2.24) is 10.2 Å². The molecule has 0 aromatic carbocycles. The van der Waals surface area contributed by atoms with Gasteiger partial charge >= 0.3 is 0 Å². The molecule has 0 radical (unpaired) electrons. The molecule has 2 rings (SSSR count). The summed E-state index contributed by atoms with van der Waals surface area (Å²) in [6.45, 7) is 3.86. The van der Waals surface area contributed by atoms with Crippen LogP contribution < -0.4 is 4.90 Å². The number of rotatable bonds is 4. The predicted molar refractivity (Wildman–Crippen MR) is 68.1 cm³/mol. The molecule has 2 aromatic rings. The number of aromatic nitrogens is 2. The number of thiophene rings is 1. The summed E-state index contributed by atoms with van der Waals surface area (Å²) in [5.74, 6) is 0.861. The van der Waals surface area contributed by atoms with Crippen LogP contribution in [-0.4, -0.2) is 16.7 Å². The second kappa shape index (κ2) is 5.27. The van der Waals surface area contributed by atoms with E-state index >= 15 is 0 Å². The van der Waals surface area contributed by atoms with E-state index in [-0.39, 0.29) is 0 Å². The van der Waals surface area contributed by atoms with Crippen LogP contribution in [0.1, 0.15) is 11.8 Å². The maximum absolute atomic E-state index is 5.71. The van der Waals surface area contributed by atoms with Gasteiger partial charge in [-0.1, -0.05) is 17.7 Å². The molecule has 0 aliphatic carbocycles. The summed E-state index contributed by atoms with van der Waals surface area (Å²) in [7, 11) is 0. The Labute approximate surface area is 104 Å². The van der Waals surface area contributed by atoms with Gasteiger partial charge in [0.15, 0.2) is 11.0 Å². The summed E-state index contributed by atoms with van der Waals surface area (Å²) in [6.07, 6.45) is 0. The molecular formula is C11H12ClN3S. The third-order valence-corrected chi connectivity index (χ3v) is 3.31. The van der Waals surface area contributed by atoms with Gasteiger partial charge in [0.2, 0.25) is 0 Å². The quantitative estimate of drug-likeness (QED) is 0.838. The zero-order chi connectivity index (χ0) is 11.4. The average molecular weight is 254 g/mol. The number of halogens is 1. The van der Waals surface area contributed by atoms with Gasteiger partial charge in [-0.05, 0) is 30.5 Å². The Bertz CT molecular complexity index is 427. The summed E-state index contributed by atoms with van der Waals surface area (Å²) in [6, 6.07) is 7.84. The Kier molecular flexibility index (Phi) is 3.74. The molecule has 0 unspecified atom stereocenters. The molecule has 2 aromatic heterocycles. The van der Waals surface area contributed by atoms with Gasteiger partial charge in [0.25, 0.3) is 0 Å². The van der Waals surface area contributed by atoms with Gasteiger partial charge in [-0.3, -0.25) is 0 Å². The first-order chi connectivity index (χ1) is 7.79. The summed E-state index contributed by atoms with van der Waals surface area (Å²) < 4.78 is 0. The van der Waals surface area contributed by atoms with Crippen LogP contribution in [0, 0.1) is 0 Å². The topological polar surface area (TPSA) is 29.0 Å². The molecule has 0 saturated carbocycles. The van der Waals surface area contributed by atoms with E-state index in [9.17, 15) is 0 Å². The van der Waals surface area contributed by atoms with E-state index in [0.29, 0.717) is 5.15 Å². The smallest absolute Gasteiger partial charge is 0.151 e. The Hall–Kier alpha value is -1.13. The average Bonchev–Trinajstić information content (AvgIpc) is 2.80. The fourth-order valence-electron chi connectivity index (χ4n) is 1.42. The van der Waals surface area contributed by atoms with Gasteiger partial charge in [0.05, 0.1) is 6.54 Å². The van der Waals surface area contributed by atoms with Gasteiger partial charge in [0.1, 0.15) is 0 Å². The molecule has 16 heavy (non-hydrogen) atoms. The number of hydrogen-bond acceptors (Lipinski definition) is 4. The zero-order valence-corrected chi connectivity index (χ0v) is 10.5. The van der Waals surface area contributed by atoms with Crippen molar-refractivity contribution in [2.24, 2.45) is 0 Å². The fraction of sp³-hybridized carbons (Fsp3) is 0.273. The number of anilines is 1. The monoisotopic (exact) mass is 253 g/mol. The van der Waals surface area contributed by atoms with Crippen LogP contribution in [0.2, 0.25) is 5.15 Å². The second-order valence-corrected chi connectivity index (χ2v) is 4.73. The Morgan fingerprint density at radius 3 is 2.75 bits per heavy atom. The molecule has 0 aliphatic heterocycles. The van der Waals surface area contributed by atoms with Crippen LogP contribution in [0.5, 0.6) is 0 Å². The highest BCUT2D eigenvalue weighted by Crippen LogP contribution is 2.17. The SMILES string of the molecule is CCN(Cc1cccs1)c1ccc(Cl)nn1. The highest BCUT2D eigenvalue weighted by molar-refractivity contribution is 7.09. The Morgan fingerprint density at radius 1 is 1.31 bits per heavy atom. The minimum absolute atomic E-state index is 0.427. The summed E-state index contributed by atoms with van der Waals surface area (Å²) in [5.41, 5.74) is 0. The molecule has 0 N–H and O–H groups in total. The van der Waals surface area contributed by atoms with Crippen LogP contribution in [0.15, 0.2) is 29.6 Å². The van der Waals surface area contributed by atoms with Crippen molar-refractivity contribution >= 4 is 28.8 Å². The molecule has 0 saturated heterocycles. The van der Waals surface area contributed by atoms with E-state index in [1.54, 1.807) is 17.4 Å².